The van der Waals surface area contributed by atoms with Gasteiger partial charge >= 0.3 is 5.97 Å². The maximum absolute atomic E-state index is 11.7. The van der Waals surface area contributed by atoms with Crippen molar-refractivity contribution in [2.75, 3.05) is 0 Å². The maximum Gasteiger partial charge on any atom is 0.326 e. The molecule has 1 heterocycles. The Balaban J connectivity index is 2.59. The van der Waals surface area contributed by atoms with Crippen molar-refractivity contribution in [3.8, 4) is 0 Å². The topological polar surface area (TPSA) is 88.4 Å². The lowest BCUT2D eigenvalue weighted by molar-refractivity contribution is -0.143. The number of hydrogen-bond acceptors (Lipinski definition) is 3. The average Bonchev–Trinajstić information content (AvgIpc) is 2.34. The van der Waals surface area contributed by atoms with Gasteiger partial charge in [-0.25, -0.2) is 4.79 Å². The average molecular weight is 280 g/mol. The summed E-state index contributed by atoms with van der Waals surface area (Å²) in [5.74, 6) is -1.63. The number of nitrogens with one attached hydrogen (secondary N) is 1. The van der Waals surface area contributed by atoms with Gasteiger partial charge in [0.15, 0.2) is 0 Å². The van der Waals surface area contributed by atoms with E-state index in [0.29, 0.717) is 0 Å². The van der Waals surface area contributed by atoms with Crippen LogP contribution in [0.3, 0.4) is 0 Å². The molecule has 0 saturated carbocycles. The number of aliphatic carboxylic acids is 1. The van der Waals surface area contributed by atoms with Crippen molar-refractivity contribution in [3.63, 3.8) is 0 Å². The van der Waals surface area contributed by atoms with Crippen LogP contribution in [0.4, 0.5) is 0 Å². The molecule has 0 aromatic carbocycles. The van der Waals surface area contributed by atoms with Crippen molar-refractivity contribution >= 4 is 11.9 Å². The first kappa shape index (κ1) is 15.9. The zero-order chi connectivity index (χ0) is 15.3. The molecule has 0 fully saturated rings. The van der Waals surface area contributed by atoms with Gasteiger partial charge < -0.3 is 15.0 Å². The van der Waals surface area contributed by atoms with E-state index in [9.17, 15) is 14.4 Å². The number of carboxylic acids is 1. The largest absolute Gasteiger partial charge is 0.480 e. The number of pyridine rings is 1. The Morgan fingerprint density at radius 2 is 2.05 bits per heavy atom. The van der Waals surface area contributed by atoms with Crippen molar-refractivity contribution in [1.29, 1.82) is 0 Å². The van der Waals surface area contributed by atoms with E-state index in [4.69, 9.17) is 5.11 Å². The van der Waals surface area contributed by atoms with Gasteiger partial charge in [0.05, 0.1) is 0 Å². The number of carbonyl (C=O) groups is 2. The van der Waals surface area contributed by atoms with Gasteiger partial charge in [-0.2, -0.15) is 0 Å². The van der Waals surface area contributed by atoms with Crippen molar-refractivity contribution in [1.82, 2.24) is 9.88 Å². The highest BCUT2D eigenvalue weighted by atomic mass is 16.4. The molecule has 0 radical (unpaired) electrons. The van der Waals surface area contributed by atoms with E-state index in [1.807, 2.05) is 6.92 Å². The van der Waals surface area contributed by atoms with Crippen LogP contribution in [0.25, 0.3) is 0 Å². The zero-order valence-corrected chi connectivity index (χ0v) is 11.9. The molecule has 110 valence electrons. The number of nitrogens with zero attached hydrogens (tertiary/aromatic N) is 1. The minimum Gasteiger partial charge on any atom is -0.480 e. The Morgan fingerprint density at radius 1 is 1.40 bits per heavy atom. The molecule has 20 heavy (non-hydrogen) atoms. The second-order valence-corrected chi connectivity index (χ2v) is 5.11. The molecule has 2 N–H and O–H groups in total. The van der Waals surface area contributed by atoms with Crippen molar-refractivity contribution in [3.05, 3.63) is 34.2 Å². The quantitative estimate of drug-likeness (QED) is 0.805. The van der Waals surface area contributed by atoms with Crippen LogP contribution in [-0.4, -0.2) is 27.6 Å². The molecule has 1 aromatic heterocycles. The second kappa shape index (κ2) is 6.88. The van der Waals surface area contributed by atoms with Crippen LogP contribution in [0.1, 0.15) is 25.8 Å². The summed E-state index contributed by atoms with van der Waals surface area (Å²) < 4.78 is 1.43. The van der Waals surface area contributed by atoms with E-state index in [2.05, 4.69) is 5.32 Å². The summed E-state index contributed by atoms with van der Waals surface area (Å²) in [6.07, 6.45) is 1.70. The fourth-order valence-electron chi connectivity index (χ4n) is 1.77. The molecule has 0 aliphatic heterocycles. The molecule has 0 aliphatic rings. The van der Waals surface area contributed by atoms with Crippen LogP contribution < -0.4 is 10.9 Å². The lowest BCUT2D eigenvalue weighted by atomic mass is 10.0. The van der Waals surface area contributed by atoms with Crippen LogP contribution in [0.15, 0.2) is 23.1 Å². The smallest absolute Gasteiger partial charge is 0.326 e. The molecular weight excluding hydrogens is 260 g/mol. The molecule has 6 nitrogen and oxygen atoms in total. The van der Waals surface area contributed by atoms with Gasteiger partial charge in [-0.3, -0.25) is 9.59 Å². The van der Waals surface area contributed by atoms with E-state index >= 15 is 0 Å². The van der Waals surface area contributed by atoms with Crippen LogP contribution in [0.5, 0.6) is 0 Å². The van der Waals surface area contributed by atoms with Gasteiger partial charge in [-0.05, 0) is 24.5 Å². The van der Waals surface area contributed by atoms with Crippen LogP contribution >= 0.6 is 0 Å². The number of carboxylic acid groups (broad SMARTS) is 1. The molecule has 0 saturated heterocycles. The highest BCUT2D eigenvalue weighted by molar-refractivity contribution is 5.83. The summed E-state index contributed by atoms with van der Waals surface area (Å²) in [6, 6.07) is 2.37. The fraction of sp³-hybridized carbons (Fsp3) is 0.500. The first-order chi connectivity index (χ1) is 9.31. The molecule has 1 rings (SSSR count). The number of rotatable bonds is 6. The minimum atomic E-state index is -1.05. The molecule has 1 unspecified atom stereocenters. The van der Waals surface area contributed by atoms with Crippen LogP contribution in [0, 0.1) is 12.8 Å². The fourth-order valence-corrected chi connectivity index (χ4v) is 1.77. The monoisotopic (exact) mass is 280 g/mol. The van der Waals surface area contributed by atoms with Crippen molar-refractivity contribution in [2.24, 2.45) is 5.92 Å². The summed E-state index contributed by atoms with van der Waals surface area (Å²) in [5.41, 5.74) is 0.692. The minimum absolute atomic E-state index is 0.0689. The molecule has 0 spiro atoms. The third-order valence-corrected chi connectivity index (χ3v) is 2.98. The Morgan fingerprint density at radius 3 is 2.55 bits per heavy atom. The van der Waals surface area contributed by atoms with E-state index in [1.165, 1.54) is 10.6 Å². The number of amides is 1. The van der Waals surface area contributed by atoms with Gasteiger partial charge in [-0.1, -0.05) is 13.8 Å². The zero-order valence-electron chi connectivity index (χ0n) is 11.9. The molecular formula is C14H20N2O4. The highest BCUT2D eigenvalue weighted by Crippen LogP contribution is 2.02. The molecule has 1 aromatic rings. The number of aromatic nitrogens is 1. The summed E-state index contributed by atoms with van der Waals surface area (Å²) in [6.45, 7) is 5.50. The van der Waals surface area contributed by atoms with Gasteiger partial charge in [-0.15, -0.1) is 0 Å². The number of hydrogen-bond donors (Lipinski definition) is 2. The number of aryl methyl sites for hydroxylation is 2. The lowest BCUT2D eigenvalue weighted by Crippen LogP contribution is -2.44. The molecule has 1 atom stereocenters. The van der Waals surface area contributed by atoms with Gasteiger partial charge in [0, 0.05) is 25.2 Å². The standard InChI is InChI=1S/C14H20N2O4/c1-9(2)13(14(19)20)15-11(17)5-7-16-6-4-10(3)8-12(16)18/h4,6,8-9,13H,5,7H2,1-3H3,(H,15,17)(H,19,20). The van der Waals surface area contributed by atoms with Gasteiger partial charge in [0.1, 0.15) is 6.04 Å². The highest BCUT2D eigenvalue weighted by Gasteiger charge is 2.23. The Kier molecular flexibility index (Phi) is 5.49. The SMILES string of the molecule is Cc1ccn(CCC(=O)NC(C(=O)O)C(C)C)c(=O)c1. The summed E-state index contributed by atoms with van der Waals surface area (Å²) >= 11 is 0. The summed E-state index contributed by atoms with van der Waals surface area (Å²) in [7, 11) is 0. The predicted molar refractivity (Wildman–Crippen MR) is 74.5 cm³/mol. The Labute approximate surface area is 117 Å². The van der Waals surface area contributed by atoms with Crippen molar-refractivity contribution in [2.45, 2.75) is 39.8 Å². The summed E-state index contributed by atoms with van der Waals surface area (Å²) in [4.78, 5) is 34.3. The van der Waals surface area contributed by atoms with E-state index in [1.54, 1.807) is 26.1 Å². The Hall–Kier alpha value is -2.11. The van der Waals surface area contributed by atoms with E-state index in [0.717, 1.165) is 5.56 Å². The van der Waals surface area contributed by atoms with Crippen LogP contribution in [0.2, 0.25) is 0 Å². The second-order valence-electron chi connectivity index (χ2n) is 5.11. The summed E-state index contributed by atoms with van der Waals surface area (Å²) in [5, 5.41) is 11.4. The molecule has 0 aliphatic carbocycles. The first-order valence-electron chi connectivity index (χ1n) is 6.50. The van der Waals surface area contributed by atoms with Gasteiger partial charge in [0.2, 0.25) is 5.91 Å². The molecule has 1 amide bonds. The number of carbonyl (C=O) groups excluding carboxylic acids is 1. The predicted octanol–water partition coefficient (Wildman–Crippen LogP) is 0.772. The van der Waals surface area contributed by atoms with Crippen LogP contribution in [-0.2, 0) is 16.1 Å². The molecule has 6 heteroatoms. The van der Waals surface area contributed by atoms with Crippen molar-refractivity contribution < 1.29 is 14.7 Å². The van der Waals surface area contributed by atoms with E-state index < -0.39 is 12.0 Å². The molecule has 0 bridgehead atoms. The Bertz CT molecular complexity index is 548. The normalized spacial score (nSPS) is 12.2. The first-order valence-corrected chi connectivity index (χ1v) is 6.50. The lowest BCUT2D eigenvalue weighted by Gasteiger charge is -2.18. The third-order valence-electron chi connectivity index (χ3n) is 2.98. The maximum atomic E-state index is 11.7. The van der Waals surface area contributed by atoms with Gasteiger partial charge in [0.25, 0.3) is 5.56 Å². The third kappa shape index (κ3) is 4.53. The van der Waals surface area contributed by atoms with E-state index in [-0.39, 0.29) is 30.3 Å².